The predicted molar refractivity (Wildman–Crippen MR) is 71.8 cm³/mol. The topological polar surface area (TPSA) is 20.3 Å². The Balaban J connectivity index is 2.96. The molecule has 0 aromatic heterocycles. The van der Waals surface area contributed by atoms with Gasteiger partial charge in [0.25, 0.3) is 5.91 Å². The van der Waals surface area contributed by atoms with Crippen molar-refractivity contribution in [1.82, 2.24) is 4.90 Å². The first kappa shape index (κ1) is 13.8. The van der Waals surface area contributed by atoms with Crippen LogP contribution in [0.2, 0.25) is 10.0 Å². The number of nitrogens with zero attached hydrogens (tertiary/aromatic N) is 1. The highest BCUT2D eigenvalue weighted by Gasteiger charge is 2.18. The maximum Gasteiger partial charge on any atom is 0.255 e. The van der Waals surface area contributed by atoms with Crippen LogP contribution in [-0.4, -0.2) is 29.2 Å². The number of carbonyl (C=O) groups is 1. The van der Waals surface area contributed by atoms with E-state index in [1.54, 1.807) is 30.1 Å². The molecule has 0 radical (unpaired) electrons. The summed E-state index contributed by atoms with van der Waals surface area (Å²) >= 11 is 15.1. The van der Waals surface area contributed by atoms with Crippen LogP contribution in [0.5, 0.6) is 0 Å². The summed E-state index contributed by atoms with van der Waals surface area (Å²) in [7, 11) is 1.75. The third-order valence-electron chi connectivity index (χ3n) is 2.37. The third-order valence-corrected chi connectivity index (χ3v) is 3.85. The van der Waals surface area contributed by atoms with Crippen LogP contribution >= 0.6 is 39.1 Å². The van der Waals surface area contributed by atoms with Crippen molar-refractivity contribution in [2.24, 2.45) is 0 Å². The molecule has 0 aliphatic rings. The van der Waals surface area contributed by atoms with Gasteiger partial charge in [0.15, 0.2) is 0 Å². The Labute approximate surface area is 114 Å². The van der Waals surface area contributed by atoms with Crippen LogP contribution in [0.1, 0.15) is 17.3 Å². The van der Waals surface area contributed by atoms with E-state index in [0.29, 0.717) is 15.6 Å². The summed E-state index contributed by atoms with van der Waals surface area (Å²) in [5, 5.41) is 1.63. The highest BCUT2D eigenvalue weighted by molar-refractivity contribution is 9.09. The van der Waals surface area contributed by atoms with Crippen LogP contribution < -0.4 is 0 Å². The van der Waals surface area contributed by atoms with Crippen molar-refractivity contribution in [1.29, 1.82) is 0 Å². The average molecular weight is 325 g/mol. The van der Waals surface area contributed by atoms with Gasteiger partial charge >= 0.3 is 0 Å². The van der Waals surface area contributed by atoms with Crippen LogP contribution in [0.15, 0.2) is 18.2 Å². The molecule has 0 spiro atoms. The second-order valence-electron chi connectivity index (χ2n) is 3.54. The Bertz CT molecular complexity index is 398. The Hall–Kier alpha value is -0.250. The second kappa shape index (κ2) is 5.89. The molecule has 5 heteroatoms. The molecule has 2 nitrogen and oxygen atoms in total. The number of hydrogen-bond donors (Lipinski definition) is 0. The zero-order valence-corrected chi connectivity index (χ0v) is 12.1. The SMILES string of the molecule is CC(CBr)N(C)C(=O)c1ccc(Cl)cc1Cl. The summed E-state index contributed by atoms with van der Waals surface area (Å²) in [4.78, 5) is 13.7. The van der Waals surface area contributed by atoms with Gasteiger partial charge < -0.3 is 4.90 Å². The number of carbonyl (C=O) groups excluding carboxylic acids is 1. The number of amides is 1. The largest absolute Gasteiger partial charge is 0.338 e. The van der Waals surface area contributed by atoms with Gasteiger partial charge in [-0.25, -0.2) is 0 Å². The molecular formula is C11H12BrCl2NO. The number of halogens is 3. The van der Waals surface area contributed by atoms with Crippen molar-refractivity contribution in [3.63, 3.8) is 0 Å². The molecule has 1 aromatic carbocycles. The van der Waals surface area contributed by atoms with E-state index in [4.69, 9.17) is 23.2 Å². The molecule has 88 valence electrons. The van der Waals surface area contributed by atoms with Crippen molar-refractivity contribution in [2.75, 3.05) is 12.4 Å². The van der Waals surface area contributed by atoms with E-state index >= 15 is 0 Å². The molecule has 0 aliphatic carbocycles. The molecule has 0 saturated carbocycles. The number of benzene rings is 1. The minimum Gasteiger partial charge on any atom is -0.338 e. The second-order valence-corrected chi connectivity index (χ2v) is 5.03. The lowest BCUT2D eigenvalue weighted by molar-refractivity contribution is 0.0758. The highest BCUT2D eigenvalue weighted by atomic mass is 79.9. The molecule has 0 fully saturated rings. The van der Waals surface area contributed by atoms with Crippen LogP contribution in [0.25, 0.3) is 0 Å². The zero-order valence-electron chi connectivity index (χ0n) is 9.01. The first-order valence-corrected chi connectivity index (χ1v) is 6.63. The molecule has 1 atom stereocenters. The summed E-state index contributed by atoms with van der Waals surface area (Å²) in [5.41, 5.74) is 0.473. The van der Waals surface area contributed by atoms with Gasteiger partial charge in [-0.1, -0.05) is 39.1 Å². The van der Waals surface area contributed by atoms with Gasteiger partial charge in [0.2, 0.25) is 0 Å². The number of rotatable bonds is 3. The summed E-state index contributed by atoms with van der Waals surface area (Å²) in [5.74, 6) is -0.103. The standard InChI is InChI=1S/C11H12BrCl2NO/c1-7(6-12)15(2)11(16)9-4-3-8(13)5-10(9)14/h3-5,7H,6H2,1-2H3. The van der Waals surface area contributed by atoms with Crippen LogP contribution in [0.3, 0.4) is 0 Å². The number of hydrogen-bond acceptors (Lipinski definition) is 1. The van der Waals surface area contributed by atoms with Crippen molar-refractivity contribution in [3.05, 3.63) is 33.8 Å². The van der Waals surface area contributed by atoms with Gasteiger partial charge in [0, 0.05) is 23.4 Å². The molecule has 0 bridgehead atoms. The fourth-order valence-corrected chi connectivity index (χ4v) is 2.08. The Morgan fingerprint density at radius 2 is 2.12 bits per heavy atom. The van der Waals surface area contributed by atoms with Gasteiger partial charge in [-0.15, -0.1) is 0 Å². The number of alkyl halides is 1. The predicted octanol–water partition coefficient (Wildman–Crippen LogP) is 3.85. The molecule has 16 heavy (non-hydrogen) atoms. The molecule has 1 amide bonds. The smallest absolute Gasteiger partial charge is 0.255 e. The lowest BCUT2D eigenvalue weighted by Gasteiger charge is -2.23. The zero-order chi connectivity index (χ0) is 12.3. The Morgan fingerprint density at radius 1 is 1.50 bits per heavy atom. The van der Waals surface area contributed by atoms with E-state index in [2.05, 4.69) is 15.9 Å². The molecule has 1 aromatic rings. The first-order chi connectivity index (χ1) is 7.47. The minimum absolute atomic E-state index is 0.103. The van der Waals surface area contributed by atoms with Gasteiger partial charge in [-0.2, -0.15) is 0 Å². The lowest BCUT2D eigenvalue weighted by Crippen LogP contribution is -2.36. The fraction of sp³-hybridized carbons (Fsp3) is 0.364. The molecule has 0 aliphatic heterocycles. The maximum absolute atomic E-state index is 12.1. The fourth-order valence-electron chi connectivity index (χ4n) is 1.16. The monoisotopic (exact) mass is 323 g/mol. The van der Waals surface area contributed by atoms with Crippen molar-refractivity contribution >= 4 is 45.0 Å². The lowest BCUT2D eigenvalue weighted by atomic mass is 10.2. The maximum atomic E-state index is 12.1. The van der Waals surface area contributed by atoms with E-state index in [1.807, 2.05) is 6.92 Å². The summed E-state index contributed by atoms with van der Waals surface area (Å²) < 4.78 is 0. The van der Waals surface area contributed by atoms with E-state index in [9.17, 15) is 4.79 Å². The highest BCUT2D eigenvalue weighted by Crippen LogP contribution is 2.22. The molecule has 0 N–H and O–H groups in total. The molecule has 1 unspecified atom stereocenters. The van der Waals surface area contributed by atoms with E-state index < -0.39 is 0 Å². The van der Waals surface area contributed by atoms with Crippen LogP contribution in [-0.2, 0) is 0 Å². The summed E-state index contributed by atoms with van der Waals surface area (Å²) in [6.45, 7) is 1.95. The quantitative estimate of drug-likeness (QED) is 0.773. The summed E-state index contributed by atoms with van der Waals surface area (Å²) in [6.07, 6.45) is 0. The van der Waals surface area contributed by atoms with Crippen molar-refractivity contribution in [3.8, 4) is 0 Å². The molecule has 0 heterocycles. The van der Waals surface area contributed by atoms with E-state index in [-0.39, 0.29) is 11.9 Å². The normalized spacial score (nSPS) is 12.3. The van der Waals surface area contributed by atoms with E-state index in [1.165, 1.54) is 0 Å². The van der Waals surface area contributed by atoms with Crippen LogP contribution in [0, 0.1) is 0 Å². The van der Waals surface area contributed by atoms with Gasteiger partial charge in [-0.3, -0.25) is 4.79 Å². The van der Waals surface area contributed by atoms with Crippen molar-refractivity contribution in [2.45, 2.75) is 13.0 Å². The molecule has 0 saturated heterocycles. The van der Waals surface area contributed by atoms with Crippen LogP contribution in [0.4, 0.5) is 0 Å². The van der Waals surface area contributed by atoms with Gasteiger partial charge in [-0.05, 0) is 25.1 Å². The Morgan fingerprint density at radius 3 is 2.62 bits per heavy atom. The van der Waals surface area contributed by atoms with Crippen molar-refractivity contribution < 1.29 is 4.79 Å². The van der Waals surface area contributed by atoms with E-state index in [0.717, 1.165) is 5.33 Å². The third kappa shape index (κ3) is 3.12. The van der Waals surface area contributed by atoms with Gasteiger partial charge in [0.1, 0.15) is 0 Å². The molecule has 1 rings (SSSR count). The minimum atomic E-state index is -0.103. The average Bonchev–Trinajstić information content (AvgIpc) is 2.26. The molecular weight excluding hydrogens is 313 g/mol. The summed E-state index contributed by atoms with van der Waals surface area (Å²) in [6, 6.07) is 4.99. The Kier molecular flexibility index (Phi) is 5.09. The van der Waals surface area contributed by atoms with Gasteiger partial charge in [0.05, 0.1) is 10.6 Å². The first-order valence-electron chi connectivity index (χ1n) is 4.75.